The molecule has 194 valence electrons. The molecule has 0 bridgehead atoms. The molecule has 1 fully saturated rings. The smallest absolute Gasteiger partial charge is 0.301 e. The van der Waals surface area contributed by atoms with E-state index >= 15 is 0 Å². The zero-order valence-corrected chi connectivity index (χ0v) is 22.2. The molecule has 8 heteroatoms. The van der Waals surface area contributed by atoms with Crippen molar-refractivity contribution in [3.05, 3.63) is 89.0 Å². The largest absolute Gasteiger partial charge is 0.507 e. The van der Waals surface area contributed by atoms with Crippen molar-refractivity contribution in [1.82, 2.24) is 4.98 Å². The van der Waals surface area contributed by atoms with E-state index in [4.69, 9.17) is 9.47 Å². The van der Waals surface area contributed by atoms with Gasteiger partial charge in [-0.25, -0.2) is 4.98 Å². The number of anilines is 1. The van der Waals surface area contributed by atoms with Crippen LogP contribution in [0.3, 0.4) is 0 Å². The van der Waals surface area contributed by atoms with Crippen molar-refractivity contribution < 1.29 is 24.2 Å². The number of fused-ring (bicyclic) bond motifs is 1. The van der Waals surface area contributed by atoms with Gasteiger partial charge in [0.25, 0.3) is 5.78 Å². The number of carbonyl (C=O) groups is 2. The lowest BCUT2D eigenvalue weighted by Gasteiger charge is -2.23. The highest BCUT2D eigenvalue weighted by Gasteiger charge is 2.48. The first-order chi connectivity index (χ1) is 18.4. The molecular weight excluding hydrogens is 500 g/mol. The minimum atomic E-state index is -0.881. The molecule has 1 aliphatic heterocycles. The minimum Gasteiger partial charge on any atom is -0.507 e. The standard InChI is InChI=1S/C30H28N2O5S/c1-4-15-37-22-8-6-7-20(17-22)26-25(27(33)19-10-12-21(13-11-19)36-5-2)28(34)29(35)32(26)30-31-23-14-9-18(3)16-24(23)38-30/h6-14,16-17,26,33H,4-5,15H2,1-3H3/b27-25+. The highest BCUT2D eigenvalue weighted by Crippen LogP contribution is 2.45. The Labute approximate surface area is 225 Å². The number of thiazole rings is 1. The zero-order chi connectivity index (χ0) is 26.8. The van der Waals surface area contributed by atoms with E-state index in [2.05, 4.69) is 4.98 Å². The van der Waals surface area contributed by atoms with Crippen LogP contribution in [0.2, 0.25) is 0 Å². The summed E-state index contributed by atoms with van der Waals surface area (Å²) in [4.78, 5) is 33.1. The fourth-order valence-corrected chi connectivity index (χ4v) is 5.58. The third-order valence-electron chi connectivity index (χ3n) is 6.27. The zero-order valence-electron chi connectivity index (χ0n) is 21.4. The van der Waals surface area contributed by atoms with Gasteiger partial charge in [-0.1, -0.05) is 36.5 Å². The molecule has 5 rings (SSSR count). The molecule has 0 radical (unpaired) electrons. The number of hydrogen-bond acceptors (Lipinski definition) is 7. The first-order valence-corrected chi connectivity index (χ1v) is 13.4. The number of benzene rings is 3. The van der Waals surface area contributed by atoms with Crippen molar-refractivity contribution in [3.63, 3.8) is 0 Å². The molecule has 1 unspecified atom stereocenters. The number of Topliss-reactive ketones (excluding diaryl/α,β-unsaturated/α-hetero) is 1. The maximum atomic E-state index is 13.5. The lowest BCUT2D eigenvalue weighted by molar-refractivity contribution is -0.132. The van der Waals surface area contributed by atoms with Gasteiger partial charge in [0.05, 0.1) is 35.0 Å². The summed E-state index contributed by atoms with van der Waals surface area (Å²) < 4.78 is 12.2. The first-order valence-electron chi connectivity index (χ1n) is 12.6. The molecule has 1 amide bonds. The summed E-state index contributed by atoms with van der Waals surface area (Å²) >= 11 is 1.34. The van der Waals surface area contributed by atoms with Gasteiger partial charge in [0.1, 0.15) is 17.3 Å². The Bertz CT molecular complexity index is 1540. The van der Waals surface area contributed by atoms with Gasteiger partial charge in [-0.05, 0) is 79.9 Å². The van der Waals surface area contributed by atoms with Gasteiger partial charge in [-0.15, -0.1) is 0 Å². The molecule has 1 aliphatic rings. The van der Waals surface area contributed by atoms with Crippen LogP contribution in [0, 0.1) is 6.92 Å². The highest BCUT2D eigenvalue weighted by atomic mass is 32.1. The lowest BCUT2D eigenvalue weighted by Crippen LogP contribution is -2.29. The predicted octanol–water partition coefficient (Wildman–Crippen LogP) is 6.42. The van der Waals surface area contributed by atoms with Crippen LogP contribution in [0.5, 0.6) is 11.5 Å². The molecule has 7 nitrogen and oxygen atoms in total. The maximum absolute atomic E-state index is 13.5. The Morgan fingerprint density at radius 2 is 1.79 bits per heavy atom. The van der Waals surface area contributed by atoms with Crippen molar-refractivity contribution in [2.24, 2.45) is 0 Å². The molecular formula is C30H28N2O5S. The average molecular weight is 529 g/mol. The van der Waals surface area contributed by atoms with E-state index in [1.807, 2.05) is 63.2 Å². The fourth-order valence-electron chi connectivity index (χ4n) is 4.49. The number of nitrogens with zero attached hydrogens (tertiary/aromatic N) is 2. The van der Waals surface area contributed by atoms with Gasteiger partial charge in [-0.2, -0.15) is 0 Å². The normalized spacial score (nSPS) is 16.8. The Kier molecular flexibility index (Phi) is 7.15. The summed E-state index contributed by atoms with van der Waals surface area (Å²) in [5.41, 5.74) is 2.86. The summed E-state index contributed by atoms with van der Waals surface area (Å²) in [5, 5.41) is 11.8. The van der Waals surface area contributed by atoms with Crippen LogP contribution in [-0.4, -0.2) is 35.0 Å². The maximum Gasteiger partial charge on any atom is 0.301 e. The molecule has 4 aromatic rings. The van der Waals surface area contributed by atoms with Crippen LogP contribution >= 0.6 is 11.3 Å². The number of aliphatic hydroxyl groups excluding tert-OH is 1. The second-order valence-corrected chi connectivity index (χ2v) is 10.0. The number of aliphatic hydroxyl groups is 1. The molecule has 1 N–H and O–H groups in total. The van der Waals surface area contributed by atoms with Crippen molar-refractivity contribution >= 4 is 44.1 Å². The number of aromatic nitrogens is 1. The lowest BCUT2D eigenvalue weighted by atomic mass is 9.95. The monoisotopic (exact) mass is 528 g/mol. The van der Waals surface area contributed by atoms with Gasteiger partial charge in [-0.3, -0.25) is 14.5 Å². The molecule has 3 aromatic carbocycles. The van der Waals surface area contributed by atoms with Crippen LogP contribution in [-0.2, 0) is 9.59 Å². The van der Waals surface area contributed by atoms with Crippen molar-refractivity contribution in [1.29, 1.82) is 0 Å². The molecule has 0 aliphatic carbocycles. The van der Waals surface area contributed by atoms with E-state index in [9.17, 15) is 14.7 Å². The number of carbonyl (C=O) groups excluding carboxylic acids is 2. The summed E-state index contributed by atoms with van der Waals surface area (Å²) in [6.07, 6.45) is 0.839. The first kappa shape index (κ1) is 25.5. The van der Waals surface area contributed by atoms with E-state index in [0.717, 1.165) is 22.2 Å². The Morgan fingerprint density at radius 3 is 2.53 bits per heavy atom. The van der Waals surface area contributed by atoms with Gasteiger partial charge >= 0.3 is 5.91 Å². The second kappa shape index (κ2) is 10.7. The minimum absolute atomic E-state index is 0.00207. The number of ketones is 1. The molecule has 1 atom stereocenters. The molecule has 1 saturated heterocycles. The quantitative estimate of drug-likeness (QED) is 0.161. The SMILES string of the molecule is CCCOc1cccc(C2/C(=C(\O)c3ccc(OCC)cc3)C(=O)C(=O)N2c2nc3ccc(C)cc3s2)c1. The molecule has 1 aromatic heterocycles. The molecule has 0 spiro atoms. The van der Waals surface area contributed by atoms with Crippen molar-refractivity contribution in [2.45, 2.75) is 33.2 Å². The van der Waals surface area contributed by atoms with Gasteiger partial charge in [0.2, 0.25) is 0 Å². The van der Waals surface area contributed by atoms with E-state index in [1.165, 1.54) is 16.2 Å². The van der Waals surface area contributed by atoms with Crippen LogP contribution < -0.4 is 14.4 Å². The summed E-state index contributed by atoms with van der Waals surface area (Å²) in [6, 6.07) is 19.0. The van der Waals surface area contributed by atoms with Crippen LogP contribution in [0.4, 0.5) is 5.13 Å². The van der Waals surface area contributed by atoms with Crippen molar-refractivity contribution in [2.75, 3.05) is 18.1 Å². The van der Waals surface area contributed by atoms with E-state index in [-0.39, 0.29) is 11.3 Å². The van der Waals surface area contributed by atoms with Crippen LogP contribution in [0.1, 0.15) is 43.0 Å². The summed E-state index contributed by atoms with van der Waals surface area (Å²) in [5.74, 6) is -0.492. The molecule has 0 saturated carbocycles. The number of aryl methyl sites for hydroxylation is 1. The van der Waals surface area contributed by atoms with Gasteiger partial charge in [0.15, 0.2) is 5.13 Å². The fraction of sp³-hybridized carbons (Fsp3) is 0.233. The Morgan fingerprint density at radius 1 is 1.00 bits per heavy atom. The number of amides is 1. The topological polar surface area (TPSA) is 89.0 Å². The summed E-state index contributed by atoms with van der Waals surface area (Å²) in [6.45, 7) is 6.94. The summed E-state index contributed by atoms with van der Waals surface area (Å²) in [7, 11) is 0. The van der Waals surface area contributed by atoms with E-state index in [0.29, 0.717) is 41.0 Å². The van der Waals surface area contributed by atoms with Gasteiger partial charge in [0, 0.05) is 5.56 Å². The number of hydrogen-bond donors (Lipinski definition) is 1. The average Bonchev–Trinajstić information content (AvgIpc) is 3.45. The third kappa shape index (κ3) is 4.75. The van der Waals surface area contributed by atoms with Gasteiger partial charge < -0.3 is 14.6 Å². The Hall–Kier alpha value is -4.17. The van der Waals surface area contributed by atoms with E-state index in [1.54, 1.807) is 24.3 Å². The third-order valence-corrected chi connectivity index (χ3v) is 7.29. The van der Waals surface area contributed by atoms with Crippen LogP contribution in [0.15, 0.2) is 72.3 Å². The number of ether oxygens (including phenoxy) is 2. The second-order valence-electron chi connectivity index (χ2n) is 9.02. The highest BCUT2D eigenvalue weighted by molar-refractivity contribution is 7.22. The molecule has 38 heavy (non-hydrogen) atoms. The Balaban J connectivity index is 1.67. The molecule has 2 heterocycles. The number of rotatable bonds is 8. The predicted molar refractivity (Wildman–Crippen MR) is 149 cm³/mol. The van der Waals surface area contributed by atoms with Crippen molar-refractivity contribution in [3.8, 4) is 11.5 Å². The van der Waals surface area contributed by atoms with E-state index < -0.39 is 17.7 Å². The van der Waals surface area contributed by atoms with Crippen LogP contribution in [0.25, 0.3) is 16.0 Å².